The Hall–Kier alpha value is -2.48. The predicted molar refractivity (Wildman–Crippen MR) is 101 cm³/mol. The molecule has 0 spiro atoms. The van der Waals surface area contributed by atoms with Crippen LogP contribution in [0.15, 0.2) is 29.4 Å². The summed E-state index contributed by atoms with van der Waals surface area (Å²) in [5.74, 6) is -0.250. The molecule has 2 fully saturated rings. The third-order valence-corrected chi connectivity index (χ3v) is 5.60. The standard InChI is InChI=1S/C20H25FN4O3/c21-16-5-3-4-15(12-16)17-13-18(28-22-17)20(27)25-10-8-23(9-11-25)14-19(26)24-6-1-2-7-24/h3-5,12,18H,1-2,6-11,13-14H2. The largest absolute Gasteiger partial charge is 0.382 e. The molecular formula is C20H25FN4O3. The summed E-state index contributed by atoms with van der Waals surface area (Å²) < 4.78 is 13.4. The van der Waals surface area contributed by atoms with Crippen LogP contribution < -0.4 is 0 Å². The molecule has 8 heteroatoms. The van der Waals surface area contributed by atoms with E-state index in [1.165, 1.54) is 12.1 Å². The molecule has 3 aliphatic heterocycles. The van der Waals surface area contributed by atoms with E-state index >= 15 is 0 Å². The Morgan fingerprint density at radius 2 is 1.82 bits per heavy atom. The zero-order valence-electron chi connectivity index (χ0n) is 15.8. The molecule has 4 rings (SSSR count). The Bertz CT molecular complexity index is 770. The number of halogens is 1. The van der Waals surface area contributed by atoms with E-state index in [1.54, 1.807) is 17.0 Å². The smallest absolute Gasteiger partial charge is 0.266 e. The van der Waals surface area contributed by atoms with Crippen LogP contribution >= 0.6 is 0 Å². The van der Waals surface area contributed by atoms with Gasteiger partial charge >= 0.3 is 0 Å². The second-order valence-corrected chi connectivity index (χ2v) is 7.54. The third kappa shape index (κ3) is 4.16. The number of oxime groups is 1. The summed E-state index contributed by atoms with van der Waals surface area (Å²) in [5, 5.41) is 3.98. The highest BCUT2D eigenvalue weighted by Gasteiger charge is 2.34. The number of hydrogen-bond donors (Lipinski definition) is 0. The number of carbonyl (C=O) groups is 2. The fourth-order valence-electron chi connectivity index (χ4n) is 3.94. The Kier molecular flexibility index (Phi) is 5.57. The van der Waals surface area contributed by atoms with Gasteiger partial charge in [-0.3, -0.25) is 14.5 Å². The molecule has 7 nitrogen and oxygen atoms in total. The van der Waals surface area contributed by atoms with E-state index in [-0.39, 0.29) is 17.6 Å². The van der Waals surface area contributed by atoms with Gasteiger partial charge in [-0.25, -0.2) is 4.39 Å². The molecule has 0 aliphatic carbocycles. The lowest BCUT2D eigenvalue weighted by Gasteiger charge is -2.35. The zero-order valence-corrected chi connectivity index (χ0v) is 15.8. The highest BCUT2D eigenvalue weighted by atomic mass is 19.1. The average molecular weight is 388 g/mol. The van der Waals surface area contributed by atoms with Gasteiger partial charge in [-0.2, -0.15) is 0 Å². The molecule has 0 radical (unpaired) electrons. The van der Waals surface area contributed by atoms with Gasteiger partial charge < -0.3 is 14.6 Å². The molecule has 3 aliphatic rings. The lowest BCUT2D eigenvalue weighted by atomic mass is 10.0. The molecule has 3 heterocycles. The first-order valence-corrected chi connectivity index (χ1v) is 9.88. The van der Waals surface area contributed by atoms with E-state index in [1.807, 2.05) is 4.90 Å². The first kappa shape index (κ1) is 18.9. The van der Waals surface area contributed by atoms with Gasteiger partial charge in [0.05, 0.1) is 12.3 Å². The van der Waals surface area contributed by atoms with E-state index in [0.717, 1.165) is 25.9 Å². The molecule has 28 heavy (non-hydrogen) atoms. The van der Waals surface area contributed by atoms with Crippen LogP contribution in [0.3, 0.4) is 0 Å². The van der Waals surface area contributed by atoms with Gasteiger partial charge in [-0.1, -0.05) is 17.3 Å². The van der Waals surface area contributed by atoms with Gasteiger partial charge in [-0.15, -0.1) is 0 Å². The number of rotatable bonds is 4. The van der Waals surface area contributed by atoms with Crippen molar-refractivity contribution >= 4 is 17.5 Å². The summed E-state index contributed by atoms with van der Waals surface area (Å²) in [7, 11) is 0. The van der Waals surface area contributed by atoms with Gasteiger partial charge in [-0.05, 0) is 25.0 Å². The van der Waals surface area contributed by atoms with Gasteiger partial charge in [0.15, 0.2) is 0 Å². The lowest BCUT2D eigenvalue weighted by Crippen LogP contribution is -2.53. The van der Waals surface area contributed by atoms with Crippen LogP contribution in [0, 0.1) is 5.82 Å². The zero-order chi connectivity index (χ0) is 19.5. The molecule has 0 saturated carbocycles. The fourth-order valence-corrected chi connectivity index (χ4v) is 3.94. The molecule has 0 N–H and O–H groups in total. The summed E-state index contributed by atoms with van der Waals surface area (Å²) in [6.07, 6.45) is 1.87. The van der Waals surface area contributed by atoms with Gasteiger partial charge in [0.1, 0.15) is 5.82 Å². The number of amides is 2. The molecule has 150 valence electrons. The average Bonchev–Trinajstić information content (AvgIpc) is 3.40. The summed E-state index contributed by atoms with van der Waals surface area (Å²) in [6, 6.07) is 6.14. The number of likely N-dealkylation sites (tertiary alicyclic amines) is 1. The van der Waals surface area contributed by atoms with Crippen LogP contribution in [-0.2, 0) is 14.4 Å². The minimum Gasteiger partial charge on any atom is -0.382 e. The van der Waals surface area contributed by atoms with E-state index in [0.29, 0.717) is 50.4 Å². The van der Waals surface area contributed by atoms with Crippen molar-refractivity contribution in [2.75, 3.05) is 45.8 Å². The number of hydrogen-bond acceptors (Lipinski definition) is 5. The summed E-state index contributed by atoms with van der Waals surface area (Å²) in [4.78, 5) is 36.2. The van der Waals surface area contributed by atoms with Crippen LogP contribution in [0.4, 0.5) is 4.39 Å². The highest BCUT2D eigenvalue weighted by molar-refractivity contribution is 6.04. The van der Waals surface area contributed by atoms with E-state index in [4.69, 9.17) is 4.84 Å². The van der Waals surface area contributed by atoms with Crippen LogP contribution in [0.5, 0.6) is 0 Å². The van der Waals surface area contributed by atoms with E-state index < -0.39 is 6.10 Å². The fraction of sp³-hybridized carbons (Fsp3) is 0.550. The molecule has 1 aromatic carbocycles. The van der Waals surface area contributed by atoms with E-state index in [9.17, 15) is 14.0 Å². The minimum atomic E-state index is -0.656. The summed E-state index contributed by atoms with van der Waals surface area (Å²) in [6.45, 7) is 4.65. The highest BCUT2D eigenvalue weighted by Crippen LogP contribution is 2.20. The molecule has 1 aromatic rings. The van der Waals surface area contributed by atoms with Crippen molar-refractivity contribution in [2.45, 2.75) is 25.4 Å². The number of nitrogens with zero attached hydrogens (tertiary/aromatic N) is 4. The monoisotopic (exact) mass is 388 g/mol. The Morgan fingerprint density at radius 3 is 2.54 bits per heavy atom. The Morgan fingerprint density at radius 1 is 1.07 bits per heavy atom. The first-order chi connectivity index (χ1) is 13.6. The molecule has 1 atom stereocenters. The van der Waals surface area contributed by atoms with Crippen molar-refractivity contribution in [3.63, 3.8) is 0 Å². The van der Waals surface area contributed by atoms with Crippen LogP contribution in [0.25, 0.3) is 0 Å². The maximum Gasteiger partial charge on any atom is 0.266 e. The number of carbonyl (C=O) groups excluding carboxylic acids is 2. The Labute approximate surface area is 163 Å². The molecule has 2 saturated heterocycles. The van der Waals surface area contributed by atoms with Gasteiger partial charge in [0.2, 0.25) is 12.0 Å². The third-order valence-electron chi connectivity index (χ3n) is 5.60. The SMILES string of the molecule is O=C(CN1CCN(C(=O)C2CC(c3cccc(F)c3)=NO2)CC1)N1CCCC1. The lowest BCUT2D eigenvalue weighted by molar-refractivity contribution is -0.144. The quantitative estimate of drug-likeness (QED) is 0.775. The second-order valence-electron chi connectivity index (χ2n) is 7.54. The number of benzene rings is 1. The van der Waals surface area contributed by atoms with Crippen LogP contribution in [0.2, 0.25) is 0 Å². The molecular weight excluding hydrogens is 363 g/mol. The first-order valence-electron chi connectivity index (χ1n) is 9.88. The van der Waals surface area contributed by atoms with Crippen molar-refractivity contribution in [3.05, 3.63) is 35.6 Å². The molecule has 2 amide bonds. The van der Waals surface area contributed by atoms with Crippen LogP contribution in [-0.4, -0.2) is 84.1 Å². The topological polar surface area (TPSA) is 65.5 Å². The van der Waals surface area contributed by atoms with Crippen molar-refractivity contribution < 1.29 is 18.8 Å². The molecule has 0 aromatic heterocycles. The minimum absolute atomic E-state index is 0.0966. The maximum atomic E-state index is 13.4. The Balaban J connectivity index is 1.25. The number of piperazine rings is 1. The summed E-state index contributed by atoms with van der Waals surface area (Å²) in [5.41, 5.74) is 1.23. The van der Waals surface area contributed by atoms with Crippen molar-refractivity contribution in [1.29, 1.82) is 0 Å². The second kappa shape index (κ2) is 8.26. The maximum absolute atomic E-state index is 13.4. The van der Waals surface area contributed by atoms with Gasteiger partial charge in [0, 0.05) is 51.3 Å². The van der Waals surface area contributed by atoms with Crippen molar-refractivity contribution in [2.24, 2.45) is 5.16 Å². The van der Waals surface area contributed by atoms with Gasteiger partial charge in [0.25, 0.3) is 5.91 Å². The van der Waals surface area contributed by atoms with E-state index in [2.05, 4.69) is 10.1 Å². The summed E-state index contributed by atoms with van der Waals surface area (Å²) >= 11 is 0. The van der Waals surface area contributed by atoms with Crippen LogP contribution in [0.1, 0.15) is 24.8 Å². The van der Waals surface area contributed by atoms with Crippen molar-refractivity contribution in [1.82, 2.24) is 14.7 Å². The molecule has 0 bridgehead atoms. The predicted octanol–water partition coefficient (Wildman–Crippen LogP) is 1.09. The van der Waals surface area contributed by atoms with Crippen molar-refractivity contribution in [3.8, 4) is 0 Å². The molecule has 1 unspecified atom stereocenters. The normalized spacial score (nSPS) is 22.9.